The van der Waals surface area contributed by atoms with E-state index in [1.165, 1.54) is 4.31 Å². The van der Waals surface area contributed by atoms with E-state index in [4.69, 9.17) is 11.6 Å². The lowest BCUT2D eigenvalue weighted by Crippen LogP contribution is -2.41. The molecule has 1 aliphatic rings. The van der Waals surface area contributed by atoms with E-state index in [2.05, 4.69) is 10.9 Å². The number of benzene rings is 4. The molecule has 170 valence electrons. The summed E-state index contributed by atoms with van der Waals surface area (Å²) in [6, 6.07) is 23.5. The molecular formula is C25H18ClN3O4S. The summed E-state index contributed by atoms with van der Waals surface area (Å²) in [7, 11) is -3.67. The van der Waals surface area contributed by atoms with Crippen LogP contribution in [0.15, 0.2) is 89.8 Å². The zero-order chi connectivity index (χ0) is 23.9. The highest BCUT2D eigenvalue weighted by atomic mass is 35.5. The van der Waals surface area contributed by atoms with E-state index < -0.39 is 21.8 Å². The molecule has 0 saturated heterocycles. The fourth-order valence-electron chi connectivity index (χ4n) is 3.91. The van der Waals surface area contributed by atoms with Gasteiger partial charge in [0.15, 0.2) is 0 Å². The number of sulfonamides is 1. The van der Waals surface area contributed by atoms with Gasteiger partial charge in [-0.05, 0) is 59.5 Å². The van der Waals surface area contributed by atoms with Crippen molar-refractivity contribution in [2.24, 2.45) is 0 Å². The topological polar surface area (TPSA) is 95.6 Å². The van der Waals surface area contributed by atoms with Gasteiger partial charge in [0.1, 0.15) is 0 Å². The van der Waals surface area contributed by atoms with Gasteiger partial charge in [0.05, 0.1) is 17.1 Å². The van der Waals surface area contributed by atoms with Crippen LogP contribution in [-0.4, -0.2) is 20.2 Å². The van der Waals surface area contributed by atoms with Crippen molar-refractivity contribution in [3.8, 4) is 0 Å². The highest BCUT2D eigenvalue weighted by molar-refractivity contribution is 7.93. The van der Waals surface area contributed by atoms with Crippen LogP contribution in [0.5, 0.6) is 0 Å². The van der Waals surface area contributed by atoms with Gasteiger partial charge in [0.25, 0.3) is 21.8 Å². The molecule has 0 radical (unpaired) electrons. The molecule has 0 aliphatic carbocycles. The van der Waals surface area contributed by atoms with Crippen LogP contribution < -0.4 is 15.2 Å². The molecule has 2 N–H and O–H groups in total. The lowest BCUT2D eigenvalue weighted by molar-refractivity contribution is 0.0846. The van der Waals surface area contributed by atoms with E-state index in [0.717, 1.165) is 16.3 Å². The maximum absolute atomic E-state index is 13.1. The van der Waals surface area contributed by atoms with Crippen LogP contribution >= 0.6 is 11.6 Å². The van der Waals surface area contributed by atoms with E-state index in [1.807, 2.05) is 18.2 Å². The molecule has 7 nitrogen and oxygen atoms in total. The van der Waals surface area contributed by atoms with Gasteiger partial charge in [0, 0.05) is 21.5 Å². The number of amides is 2. The summed E-state index contributed by atoms with van der Waals surface area (Å²) in [5, 5.41) is 2.09. The van der Waals surface area contributed by atoms with Gasteiger partial charge in [-0.2, -0.15) is 0 Å². The number of carbonyl (C=O) groups is 2. The highest BCUT2D eigenvalue weighted by Gasteiger charge is 2.35. The van der Waals surface area contributed by atoms with Gasteiger partial charge >= 0.3 is 0 Å². The van der Waals surface area contributed by atoms with Crippen molar-refractivity contribution in [2.75, 3.05) is 4.31 Å². The molecule has 1 heterocycles. The Hall–Kier alpha value is -3.88. The van der Waals surface area contributed by atoms with E-state index in [9.17, 15) is 18.0 Å². The Labute approximate surface area is 201 Å². The smallest absolute Gasteiger partial charge is 0.267 e. The standard InChI is InChI=1S/C25H18ClN3O4S/c26-20-13-11-19(12-14-20)25(31)28-27-24(30)18-9-7-16(8-10-18)15-29-21-5-1-3-17-4-2-6-22(23(17)21)34(29,32)33/h1-14H,15H2,(H,27,30)(H,28,31). The predicted molar refractivity (Wildman–Crippen MR) is 130 cm³/mol. The number of halogens is 1. The first kappa shape index (κ1) is 21.9. The number of nitrogens with one attached hydrogen (secondary N) is 2. The molecule has 5 rings (SSSR count). The van der Waals surface area contributed by atoms with Crippen molar-refractivity contribution >= 4 is 49.9 Å². The Morgan fingerprint density at radius 3 is 1.94 bits per heavy atom. The Balaban J connectivity index is 1.29. The second kappa shape index (κ2) is 8.48. The van der Waals surface area contributed by atoms with Gasteiger partial charge in [-0.3, -0.25) is 24.7 Å². The Morgan fingerprint density at radius 2 is 1.32 bits per heavy atom. The first-order valence-electron chi connectivity index (χ1n) is 10.3. The molecule has 0 spiro atoms. The third-order valence-corrected chi connectivity index (χ3v) is 7.67. The molecule has 4 aromatic rings. The van der Waals surface area contributed by atoms with Crippen LogP contribution in [0.4, 0.5) is 5.69 Å². The fourth-order valence-corrected chi connectivity index (χ4v) is 5.74. The van der Waals surface area contributed by atoms with E-state index in [0.29, 0.717) is 26.7 Å². The van der Waals surface area contributed by atoms with Gasteiger partial charge < -0.3 is 0 Å². The lowest BCUT2D eigenvalue weighted by Gasteiger charge is -2.19. The van der Waals surface area contributed by atoms with E-state index in [-0.39, 0.29) is 6.54 Å². The van der Waals surface area contributed by atoms with Crippen LogP contribution in [0.2, 0.25) is 5.02 Å². The SMILES string of the molecule is O=C(NNC(=O)c1ccc(CN2c3cccc4cccc(c34)S2(=O)=O)cc1)c1ccc(Cl)cc1. The Morgan fingerprint density at radius 1 is 0.765 bits per heavy atom. The number of nitrogens with zero attached hydrogens (tertiary/aromatic N) is 1. The van der Waals surface area contributed by atoms with Gasteiger partial charge in [-0.15, -0.1) is 0 Å². The summed E-state index contributed by atoms with van der Waals surface area (Å²) in [4.78, 5) is 24.9. The third kappa shape index (κ3) is 3.87. The Kier molecular flexibility index (Phi) is 5.47. The molecule has 1 aliphatic heterocycles. The molecule has 0 atom stereocenters. The maximum Gasteiger partial charge on any atom is 0.269 e. The first-order chi connectivity index (χ1) is 16.3. The molecule has 2 amide bonds. The number of hydrogen-bond acceptors (Lipinski definition) is 4. The molecule has 4 aromatic carbocycles. The van der Waals surface area contributed by atoms with Crippen molar-refractivity contribution in [3.63, 3.8) is 0 Å². The second-order valence-electron chi connectivity index (χ2n) is 7.76. The van der Waals surface area contributed by atoms with Crippen LogP contribution in [0, 0.1) is 0 Å². The average molecular weight is 492 g/mol. The van der Waals surface area contributed by atoms with E-state index in [1.54, 1.807) is 66.7 Å². The zero-order valence-corrected chi connectivity index (χ0v) is 19.2. The molecular weight excluding hydrogens is 474 g/mol. The number of anilines is 1. The molecule has 0 bridgehead atoms. The third-order valence-electron chi connectivity index (χ3n) is 5.62. The number of rotatable bonds is 4. The number of hydrogen-bond donors (Lipinski definition) is 2. The second-order valence-corrected chi connectivity index (χ2v) is 10.0. The summed E-state index contributed by atoms with van der Waals surface area (Å²) >= 11 is 5.81. The fraction of sp³-hybridized carbons (Fsp3) is 0.0400. The van der Waals surface area contributed by atoms with Crippen LogP contribution in [0.25, 0.3) is 10.8 Å². The number of carbonyl (C=O) groups excluding carboxylic acids is 2. The van der Waals surface area contributed by atoms with Crippen molar-refractivity contribution in [2.45, 2.75) is 11.4 Å². The molecule has 0 fully saturated rings. The van der Waals surface area contributed by atoms with Gasteiger partial charge in [-0.25, -0.2) is 8.42 Å². The molecule has 34 heavy (non-hydrogen) atoms. The largest absolute Gasteiger partial charge is 0.269 e. The summed E-state index contributed by atoms with van der Waals surface area (Å²) in [6.45, 7) is 0.130. The summed E-state index contributed by atoms with van der Waals surface area (Å²) in [6.07, 6.45) is 0. The predicted octanol–water partition coefficient (Wildman–Crippen LogP) is 4.28. The molecule has 0 unspecified atom stereocenters. The van der Waals surface area contributed by atoms with Crippen molar-refractivity contribution in [3.05, 3.63) is 107 Å². The van der Waals surface area contributed by atoms with Crippen molar-refractivity contribution in [1.82, 2.24) is 10.9 Å². The minimum Gasteiger partial charge on any atom is -0.267 e. The maximum atomic E-state index is 13.1. The van der Waals surface area contributed by atoms with E-state index >= 15 is 0 Å². The lowest BCUT2D eigenvalue weighted by atomic mass is 10.1. The molecule has 9 heteroatoms. The Bertz CT molecular complexity index is 1530. The number of hydrazine groups is 1. The minimum atomic E-state index is -3.67. The van der Waals surface area contributed by atoms with Gasteiger partial charge in [-0.1, -0.05) is 48.0 Å². The average Bonchev–Trinajstić information content (AvgIpc) is 3.06. The van der Waals surface area contributed by atoms with Gasteiger partial charge in [0.2, 0.25) is 0 Å². The van der Waals surface area contributed by atoms with Crippen LogP contribution in [-0.2, 0) is 16.6 Å². The van der Waals surface area contributed by atoms with Crippen LogP contribution in [0.1, 0.15) is 26.3 Å². The quantitative estimate of drug-likeness (QED) is 0.416. The summed E-state index contributed by atoms with van der Waals surface area (Å²) < 4.78 is 27.7. The zero-order valence-electron chi connectivity index (χ0n) is 17.7. The summed E-state index contributed by atoms with van der Waals surface area (Å²) in [5.41, 5.74) is 6.74. The van der Waals surface area contributed by atoms with Crippen molar-refractivity contribution in [1.29, 1.82) is 0 Å². The first-order valence-corrected chi connectivity index (χ1v) is 12.2. The van der Waals surface area contributed by atoms with Crippen molar-refractivity contribution < 1.29 is 18.0 Å². The normalized spacial score (nSPS) is 13.6. The molecule has 0 aromatic heterocycles. The summed E-state index contributed by atoms with van der Waals surface area (Å²) in [5.74, 6) is -0.977. The van der Waals surface area contributed by atoms with Crippen LogP contribution in [0.3, 0.4) is 0 Å². The minimum absolute atomic E-state index is 0.130. The molecule has 0 saturated carbocycles. The highest BCUT2D eigenvalue weighted by Crippen LogP contribution is 2.42. The monoisotopic (exact) mass is 491 g/mol.